The largest absolute Gasteiger partial charge is 0.508 e. The van der Waals surface area contributed by atoms with Gasteiger partial charge in [-0.2, -0.15) is 4.31 Å². The van der Waals surface area contributed by atoms with Crippen molar-refractivity contribution < 1.29 is 18.3 Å². The van der Waals surface area contributed by atoms with Crippen LogP contribution in [0.4, 0.5) is 0 Å². The van der Waals surface area contributed by atoms with Gasteiger partial charge < -0.3 is 10.4 Å². The Bertz CT molecular complexity index is 953. The Morgan fingerprint density at radius 3 is 2.32 bits per heavy atom. The van der Waals surface area contributed by atoms with Gasteiger partial charge in [-0.25, -0.2) is 8.42 Å². The maximum absolute atomic E-state index is 12.8. The third-order valence-corrected chi connectivity index (χ3v) is 7.06. The topological polar surface area (TPSA) is 86.7 Å². The van der Waals surface area contributed by atoms with Crippen LogP contribution in [0.25, 0.3) is 0 Å². The Hall–Kier alpha value is -1.80. The van der Waals surface area contributed by atoms with E-state index in [1.807, 2.05) is 0 Å². The Kier molecular flexibility index (Phi) is 6.50. The first-order valence-corrected chi connectivity index (χ1v) is 11.0. The van der Waals surface area contributed by atoms with E-state index in [9.17, 15) is 18.3 Å². The van der Waals surface area contributed by atoms with Crippen molar-refractivity contribution in [1.82, 2.24) is 9.62 Å². The molecule has 6 nitrogen and oxygen atoms in total. The number of aromatic hydroxyl groups is 1. The standard InChI is InChI=1S/C19H20Cl2N2O4S/c20-15-9-16(21)11-17(10-15)28(26,27)23-7-5-13(6-8-23)19(25)22-12-14-3-1-2-4-18(14)24/h1-4,9-11,13,24H,5-8,12H2,(H,22,25). The second-order valence-electron chi connectivity index (χ2n) is 6.63. The van der Waals surface area contributed by atoms with Crippen LogP contribution in [0.1, 0.15) is 18.4 Å². The molecule has 1 amide bonds. The number of halogens is 2. The van der Waals surface area contributed by atoms with Gasteiger partial charge in [-0.15, -0.1) is 0 Å². The lowest BCUT2D eigenvalue weighted by Gasteiger charge is -2.30. The number of nitrogens with zero attached hydrogens (tertiary/aromatic N) is 1. The quantitative estimate of drug-likeness (QED) is 0.742. The average molecular weight is 443 g/mol. The molecule has 2 N–H and O–H groups in total. The number of phenols is 1. The molecular formula is C19H20Cl2N2O4S. The number of hydrogen-bond acceptors (Lipinski definition) is 4. The molecule has 1 heterocycles. The van der Waals surface area contributed by atoms with Crippen LogP contribution >= 0.6 is 23.2 Å². The molecule has 0 saturated carbocycles. The first kappa shape index (κ1) is 20.9. The van der Waals surface area contributed by atoms with Crippen molar-refractivity contribution in [3.8, 4) is 5.75 Å². The van der Waals surface area contributed by atoms with Crippen LogP contribution < -0.4 is 5.32 Å². The van der Waals surface area contributed by atoms with E-state index in [1.54, 1.807) is 24.3 Å². The summed E-state index contributed by atoms with van der Waals surface area (Å²) in [4.78, 5) is 12.5. The lowest BCUT2D eigenvalue weighted by atomic mass is 9.97. The number of piperidine rings is 1. The molecular weight excluding hydrogens is 423 g/mol. The number of hydrogen-bond donors (Lipinski definition) is 2. The van der Waals surface area contributed by atoms with Gasteiger partial charge in [-0.1, -0.05) is 41.4 Å². The van der Waals surface area contributed by atoms with Gasteiger partial charge in [-0.05, 0) is 37.1 Å². The minimum Gasteiger partial charge on any atom is -0.508 e. The van der Waals surface area contributed by atoms with Crippen LogP contribution in [0.5, 0.6) is 5.75 Å². The van der Waals surface area contributed by atoms with Crippen molar-refractivity contribution in [2.75, 3.05) is 13.1 Å². The molecule has 0 radical (unpaired) electrons. The highest BCUT2D eigenvalue weighted by molar-refractivity contribution is 7.89. The van der Waals surface area contributed by atoms with E-state index in [-0.39, 0.29) is 52.1 Å². The molecule has 1 saturated heterocycles. The van der Waals surface area contributed by atoms with Crippen molar-refractivity contribution in [2.24, 2.45) is 5.92 Å². The van der Waals surface area contributed by atoms with Gasteiger partial charge in [0.2, 0.25) is 15.9 Å². The fourth-order valence-corrected chi connectivity index (χ4v) is 5.37. The summed E-state index contributed by atoms with van der Waals surface area (Å²) in [5.41, 5.74) is 0.633. The zero-order valence-electron chi connectivity index (χ0n) is 14.9. The minimum atomic E-state index is -3.72. The third-order valence-electron chi connectivity index (χ3n) is 4.74. The summed E-state index contributed by atoms with van der Waals surface area (Å²) in [7, 11) is -3.72. The predicted molar refractivity (Wildman–Crippen MR) is 108 cm³/mol. The summed E-state index contributed by atoms with van der Waals surface area (Å²) in [5, 5.41) is 13.1. The molecule has 1 aliphatic rings. The molecule has 0 atom stereocenters. The van der Waals surface area contributed by atoms with Gasteiger partial charge in [0.05, 0.1) is 4.90 Å². The highest BCUT2D eigenvalue weighted by Gasteiger charge is 2.32. The van der Waals surface area contributed by atoms with E-state index < -0.39 is 10.0 Å². The van der Waals surface area contributed by atoms with Gasteiger partial charge in [0, 0.05) is 41.2 Å². The minimum absolute atomic E-state index is 0.0486. The molecule has 2 aromatic carbocycles. The summed E-state index contributed by atoms with van der Waals surface area (Å²) in [5.74, 6) is -0.296. The Balaban J connectivity index is 1.59. The van der Waals surface area contributed by atoms with E-state index in [0.717, 1.165) is 0 Å². The Labute approximate surface area is 174 Å². The molecule has 0 aromatic heterocycles. The highest BCUT2D eigenvalue weighted by atomic mass is 35.5. The second-order valence-corrected chi connectivity index (χ2v) is 9.44. The van der Waals surface area contributed by atoms with Gasteiger partial charge in [0.25, 0.3) is 0 Å². The number of nitrogens with one attached hydrogen (secondary N) is 1. The molecule has 0 spiro atoms. The van der Waals surface area contributed by atoms with Crippen molar-refractivity contribution in [2.45, 2.75) is 24.3 Å². The van der Waals surface area contributed by atoms with Crippen molar-refractivity contribution in [3.63, 3.8) is 0 Å². The average Bonchev–Trinajstić information content (AvgIpc) is 2.66. The van der Waals surface area contributed by atoms with Crippen molar-refractivity contribution in [3.05, 3.63) is 58.1 Å². The maximum Gasteiger partial charge on any atom is 0.243 e. The second kappa shape index (κ2) is 8.69. The Morgan fingerprint density at radius 2 is 1.71 bits per heavy atom. The fourth-order valence-electron chi connectivity index (χ4n) is 3.17. The lowest BCUT2D eigenvalue weighted by Crippen LogP contribution is -2.42. The van der Waals surface area contributed by atoms with E-state index in [0.29, 0.717) is 18.4 Å². The predicted octanol–water partition coefficient (Wildman–Crippen LogP) is 3.42. The molecule has 0 bridgehead atoms. The van der Waals surface area contributed by atoms with Crippen LogP contribution in [0, 0.1) is 5.92 Å². The van der Waals surface area contributed by atoms with Gasteiger partial charge in [0.1, 0.15) is 5.75 Å². The highest BCUT2D eigenvalue weighted by Crippen LogP contribution is 2.28. The summed E-state index contributed by atoms with van der Waals surface area (Å²) >= 11 is 11.8. The first-order valence-electron chi connectivity index (χ1n) is 8.78. The maximum atomic E-state index is 12.8. The van der Waals surface area contributed by atoms with Gasteiger partial charge in [-0.3, -0.25) is 4.79 Å². The number of carbonyl (C=O) groups is 1. The summed E-state index contributed by atoms with van der Waals surface area (Å²) in [6.45, 7) is 0.702. The number of rotatable bonds is 5. The normalized spacial score (nSPS) is 16.1. The number of sulfonamides is 1. The molecule has 2 aromatic rings. The molecule has 3 rings (SSSR count). The number of para-hydroxylation sites is 1. The lowest BCUT2D eigenvalue weighted by molar-refractivity contribution is -0.126. The zero-order valence-corrected chi connectivity index (χ0v) is 17.3. The summed E-state index contributed by atoms with van der Waals surface area (Å²) in [6.07, 6.45) is 0.834. The summed E-state index contributed by atoms with van der Waals surface area (Å²) in [6, 6.07) is 11.0. The van der Waals surface area contributed by atoms with Crippen LogP contribution in [0.3, 0.4) is 0 Å². The molecule has 9 heteroatoms. The molecule has 0 aliphatic carbocycles. The Morgan fingerprint density at radius 1 is 1.11 bits per heavy atom. The molecule has 1 fully saturated rings. The third kappa shape index (κ3) is 4.78. The fraction of sp³-hybridized carbons (Fsp3) is 0.316. The van der Waals surface area contributed by atoms with E-state index in [4.69, 9.17) is 23.2 Å². The molecule has 28 heavy (non-hydrogen) atoms. The van der Waals surface area contributed by atoms with Crippen LogP contribution in [-0.2, 0) is 21.4 Å². The number of amides is 1. The monoisotopic (exact) mass is 442 g/mol. The molecule has 0 unspecified atom stereocenters. The van der Waals surface area contributed by atoms with Crippen LogP contribution in [-0.4, -0.2) is 36.8 Å². The molecule has 150 valence electrons. The smallest absolute Gasteiger partial charge is 0.243 e. The van der Waals surface area contributed by atoms with Crippen molar-refractivity contribution in [1.29, 1.82) is 0 Å². The van der Waals surface area contributed by atoms with Crippen molar-refractivity contribution >= 4 is 39.1 Å². The number of benzene rings is 2. The number of phenolic OH excluding ortho intramolecular Hbond substituents is 1. The first-order chi connectivity index (χ1) is 13.3. The van der Waals surface area contributed by atoms with Gasteiger partial charge in [0.15, 0.2) is 0 Å². The van der Waals surface area contributed by atoms with E-state index in [2.05, 4.69) is 5.32 Å². The van der Waals surface area contributed by atoms with Gasteiger partial charge >= 0.3 is 0 Å². The number of carbonyl (C=O) groups excluding carboxylic acids is 1. The SMILES string of the molecule is O=C(NCc1ccccc1O)C1CCN(S(=O)(=O)c2cc(Cl)cc(Cl)c2)CC1. The van der Waals surface area contributed by atoms with E-state index >= 15 is 0 Å². The summed E-state index contributed by atoms with van der Waals surface area (Å²) < 4.78 is 26.9. The van der Waals surface area contributed by atoms with E-state index in [1.165, 1.54) is 22.5 Å². The zero-order chi connectivity index (χ0) is 20.3. The van der Waals surface area contributed by atoms with Crippen LogP contribution in [0.2, 0.25) is 10.0 Å². The van der Waals surface area contributed by atoms with Crippen LogP contribution in [0.15, 0.2) is 47.4 Å². The molecule has 1 aliphatic heterocycles.